The van der Waals surface area contributed by atoms with Crippen LogP contribution in [0.2, 0.25) is 0 Å². The number of para-hydroxylation sites is 1. The number of carbonyl (C=O) groups is 1. The van der Waals surface area contributed by atoms with Crippen LogP contribution < -0.4 is 20.3 Å². The molecule has 1 saturated heterocycles. The van der Waals surface area contributed by atoms with E-state index in [0.29, 0.717) is 18.7 Å². The molecule has 34 heavy (non-hydrogen) atoms. The van der Waals surface area contributed by atoms with Crippen molar-refractivity contribution in [2.45, 2.75) is 0 Å². The zero-order valence-corrected chi connectivity index (χ0v) is 19.5. The van der Waals surface area contributed by atoms with Gasteiger partial charge >= 0.3 is 0 Å². The molecule has 7 nitrogen and oxygen atoms in total. The van der Waals surface area contributed by atoms with E-state index in [0.717, 1.165) is 53.1 Å². The van der Waals surface area contributed by atoms with E-state index in [9.17, 15) is 4.79 Å². The Morgan fingerprint density at radius 1 is 1.03 bits per heavy atom. The molecule has 0 radical (unpaired) electrons. The van der Waals surface area contributed by atoms with E-state index in [2.05, 4.69) is 44.8 Å². The van der Waals surface area contributed by atoms with E-state index in [-0.39, 0.29) is 5.91 Å². The smallest absolute Gasteiger partial charge is 0.251 e. The van der Waals surface area contributed by atoms with Crippen LogP contribution in [0.3, 0.4) is 0 Å². The molecule has 0 unspecified atom stereocenters. The largest absolute Gasteiger partial charge is 0.492 e. The van der Waals surface area contributed by atoms with Crippen molar-refractivity contribution in [3.63, 3.8) is 0 Å². The third-order valence-electron chi connectivity index (χ3n) is 5.54. The third kappa shape index (κ3) is 5.47. The summed E-state index contributed by atoms with van der Waals surface area (Å²) >= 11 is 1.53. The van der Waals surface area contributed by atoms with E-state index in [1.165, 1.54) is 17.0 Å². The van der Waals surface area contributed by atoms with Gasteiger partial charge in [-0.25, -0.2) is 4.98 Å². The maximum absolute atomic E-state index is 12.6. The summed E-state index contributed by atoms with van der Waals surface area (Å²) in [5.41, 5.74) is 3.65. The van der Waals surface area contributed by atoms with Crippen molar-refractivity contribution in [3.8, 4) is 5.75 Å². The lowest BCUT2D eigenvalue weighted by molar-refractivity contribution is 0.0947. The van der Waals surface area contributed by atoms with E-state index >= 15 is 0 Å². The minimum atomic E-state index is -0.125. The van der Waals surface area contributed by atoms with Crippen LogP contribution in [0.1, 0.15) is 10.4 Å². The molecule has 1 aliphatic rings. The van der Waals surface area contributed by atoms with Crippen LogP contribution in [-0.2, 0) is 4.74 Å². The number of carbonyl (C=O) groups excluding carboxylic acids is 1. The highest BCUT2D eigenvalue weighted by molar-refractivity contribution is 7.22. The molecule has 0 spiro atoms. The van der Waals surface area contributed by atoms with Gasteiger partial charge in [0.15, 0.2) is 5.13 Å². The Morgan fingerprint density at radius 3 is 2.62 bits per heavy atom. The molecular weight excluding hydrogens is 448 g/mol. The van der Waals surface area contributed by atoms with Gasteiger partial charge < -0.3 is 25.0 Å². The van der Waals surface area contributed by atoms with Crippen LogP contribution in [0.25, 0.3) is 10.2 Å². The van der Waals surface area contributed by atoms with Crippen molar-refractivity contribution in [3.05, 3.63) is 78.4 Å². The summed E-state index contributed by atoms with van der Waals surface area (Å²) < 4.78 is 12.0. The van der Waals surface area contributed by atoms with Crippen LogP contribution in [-0.4, -0.2) is 50.3 Å². The number of amides is 1. The Morgan fingerprint density at radius 2 is 1.82 bits per heavy atom. The van der Waals surface area contributed by atoms with E-state index < -0.39 is 0 Å². The summed E-state index contributed by atoms with van der Waals surface area (Å²) in [6.07, 6.45) is 0. The number of nitrogens with zero attached hydrogens (tertiary/aromatic N) is 2. The van der Waals surface area contributed by atoms with Crippen LogP contribution in [0.4, 0.5) is 16.5 Å². The Balaban J connectivity index is 1.17. The van der Waals surface area contributed by atoms with Gasteiger partial charge in [-0.1, -0.05) is 29.5 Å². The zero-order chi connectivity index (χ0) is 23.2. The predicted octanol–water partition coefficient (Wildman–Crippen LogP) is 4.69. The van der Waals surface area contributed by atoms with Crippen LogP contribution in [0.5, 0.6) is 5.75 Å². The van der Waals surface area contributed by atoms with Gasteiger partial charge in [0.1, 0.15) is 12.4 Å². The molecule has 2 heterocycles. The molecule has 4 aromatic rings. The van der Waals surface area contributed by atoms with Crippen molar-refractivity contribution < 1.29 is 14.3 Å². The second-order valence-electron chi connectivity index (χ2n) is 7.89. The second-order valence-corrected chi connectivity index (χ2v) is 8.92. The highest BCUT2D eigenvalue weighted by Gasteiger charge is 2.12. The maximum Gasteiger partial charge on any atom is 0.251 e. The lowest BCUT2D eigenvalue weighted by Gasteiger charge is -2.28. The number of morpholine rings is 1. The molecular formula is C26H26N4O3S. The van der Waals surface area contributed by atoms with Crippen molar-refractivity contribution in [1.82, 2.24) is 10.3 Å². The van der Waals surface area contributed by atoms with Gasteiger partial charge in [-0.3, -0.25) is 4.79 Å². The molecule has 1 amide bonds. The first kappa shape index (κ1) is 22.2. The first-order valence-electron chi connectivity index (χ1n) is 11.3. The molecule has 1 aliphatic heterocycles. The second kappa shape index (κ2) is 10.5. The first-order valence-corrected chi connectivity index (χ1v) is 12.1. The predicted molar refractivity (Wildman–Crippen MR) is 137 cm³/mol. The Labute approximate surface area is 202 Å². The SMILES string of the molecule is O=C(NCCOc1ccccc1)c1ccc2nc(Nc3ccc(N4CCOCC4)cc3)sc2c1. The maximum atomic E-state index is 12.6. The molecule has 5 rings (SSSR count). The number of ether oxygens (including phenoxy) is 2. The molecule has 8 heteroatoms. The average Bonchev–Trinajstić information content (AvgIpc) is 3.29. The molecule has 1 aromatic heterocycles. The molecule has 174 valence electrons. The summed E-state index contributed by atoms with van der Waals surface area (Å²) in [6, 6.07) is 23.5. The van der Waals surface area contributed by atoms with Gasteiger partial charge in [-0.05, 0) is 54.6 Å². The van der Waals surface area contributed by atoms with Gasteiger partial charge in [0.25, 0.3) is 5.91 Å². The molecule has 0 aliphatic carbocycles. The quantitative estimate of drug-likeness (QED) is 0.361. The molecule has 0 atom stereocenters. The number of benzene rings is 3. The Bertz CT molecular complexity index is 1240. The van der Waals surface area contributed by atoms with Crippen LogP contribution in [0.15, 0.2) is 72.8 Å². The number of fused-ring (bicyclic) bond motifs is 1. The Kier molecular flexibility index (Phi) is 6.88. The fourth-order valence-corrected chi connectivity index (χ4v) is 4.70. The van der Waals surface area contributed by atoms with Gasteiger partial charge in [0.05, 0.1) is 30.0 Å². The number of anilines is 3. The van der Waals surface area contributed by atoms with Gasteiger partial charge in [0, 0.05) is 30.0 Å². The highest BCUT2D eigenvalue weighted by atomic mass is 32.1. The number of thiazole rings is 1. The van der Waals surface area contributed by atoms with Gasteiger partial charge in [0.2, 0.25) is 0 Å². The van der Waals surface area contributed by atoms with E-state index in [1.54, 1.807) is 6.07 Å². The lowest BCUT2D eigenvalue weighted by atomic mass is 10.2. The fourth-order valence-electron chi connectivity index (χ4n) is 3.77. The molecule has 3 aromatic carbocycles. The lowest BCUT2D eigenvalue weighted by Crippen LogP contribution is -2.36. The monoisotopic (exact) mass is 474 g/mol. The number of hydrogen-bond acceptors (Lipinski definition) is 7. The van der Waals surface area contributed by atoms with Gasteiger partial charge in [-0.15, -0.1) is 0 Å². The summed E-state index contributed by atoms with van der Waals surface area (Å²) in [4.78, 5) is 19.5. The summed E-state index contributed by atoms with van der Waals surface area (Å²) in [6.45, 7) is 4.22. The fraction of sp³-hybridized carbons (Fsp3) is 0.231. The number of rotatable bonds is 8. The third-order valence-corrected chi connectivity index (χ3v) is 6.48. The highest BCUT2D eigenvalue weighted by Crippen LogP contribution is 2.30. The van der Waals surface area contributed by atoms with Crippen molar-refractivity contribution in [2.24, 2.45) is 0 Å². The zero-order valence-electron chi connectivity index (χ0n) is 18.7. The average molecular weight is 475 g/mol. The molecule has 2 N–H and O–H groups in total. The van der Waals surface area contributed by atoms with Crippen LogP contribution in [0, 0.1) is 0 Å². The normalized spacial score (nSPS) is 13.6. The summed E-state index contributed by atoms with van der Waals surface area (Å²) in [7, 11) is 0. The van der Waals surface area contributed by atoms with Crippen molar-refractivity contribution in [2.75, 3.05) is 49.7 Å². The summed E-state index contributed by atoms with van der Waals surface area (Å²) in [5, 5.41) is 7.08. The number of aromatic nitrogens is 1. The summed E-state index contributed by atoms with van der Waals surface area (Å²) in [5.74, 6) is 0.666. The number of hydrogen-bond donors (Lipinski definition) is 2. The van der Waals surface area contributed by atoms with E-state index in [4.69, 9.17) is 9.47 Å². The number of nitrogens with one attached hydrogen (secondary N) is 2. The molecule has 1 fully saturated rings. The standard InChI is InChI=1S/C26H26N4O3S/c31-25(27-12-15-33-22-4-2-1-3-5-22)19-6-11-23-24(18-19)34-26(29-23)28-20-7-9-21(10-8-20)30-13-16-32-17-14-30/h1-11,18H,12-17H2,(H,27,31)(H,28,29). The van der Waals surface area contributed by atoms with Crippen LogP contribution >= 0.6 is 11.3 Å². The minimum Gasteiger partial charge on any atom is -0.492 e. The minimum absolute atomic E-state index is 0.125. The molecule has 0 saturated carbocycles. The molecule has 0 bridgehead atoms. The Hall–Kier alpha value is -3.62. The van der Waals surface area contributed by atoms with Crippen molar-refractivity contribution >= 4 is 44.0 Å². The topological polar surface area (TPSA) is 75.7 Å². The van der Waals surface area contributed by atoms with Gasteiger partial charge in [-0.2, -0.15) is 0 Å². The van der Waals surface area contributed by atoms with Crippen molar-refractivity contribution in [1.29, 1.82) is 0 Å². The van der Waals surface area contributed by atoms with E-state index in [1.807, 2.05) is 42.5 Å². The first-order chi connectivity index (χ1) is 16.7.